The molecule has 0 saturated carbocycles. The van der Waals surface area contributed by atoms with E-state index in [9.17, 15) is 4.79 Å². The van der Waals surface area contributed by atoms with Gasteiger partial charge < -0.3 is 9.47 Å². The summed E-state index contributed by atoms with van der Waals surface area (Å²) in [6.07, 6.45) is 0. The largest absolute Gasteiger partial charge is 0.494 e. The fourth-order valence-corrected chi connectivity index (χ4v) is 1.73. The predicted octanol–water partition coefficient (Wildman–Crippen LogP) is 2.84. The summed E-state index contributed by atoms with van der Waals surface area (Å²) in [5, 5.41) is 0. The molecule has 0 aliphatic heterocycles. The van der Waals surface area contributed by atoms with Crippen molar-refractivity contribution in [3.8, 4) is 5.75 Å². The molecule has 0 amide bonds. The second-order valence-electron chi connectivity index (χ2n) is 4.53. The Labute approximate surface area is 103 Å². The van der Waals surface area contributed by atoms with E-state index in [4.69, 9.17) is 9.47 Å². The summed E-state index contributed by atoms with van der Waals surface area (Å²) < 4.78 is 10.3. The van der Waals surface area contributed by atoms with Crippen molar-refractivity contribution < 1.29 is 14.3 Å². The summed E-state index contributed by atoms with van der Waals surface area (Å²) in [5.74, 6) is 0.623. The summed E-state index contributed by atoms with van der Waals surface area (Å²) in [7, 11) is 1.41. The van der Waals surface area contributed by atoms with Crippen molar-refractivity contribution in [3.05, 3.63) is 29.3 Å². The molecule has 1 aromatic rings. The quantitative estimate of drug-likeness (QED) is 0.754. The van der Waals surface area contributed by atoms with Crippen LogP contribution in [0.1, 0.15) is 31.9 Å². The summed E-state index contributed by atoms with van der Waals surface area (Å²) in [6, 6.07) is 5.79. The Bertz CT molecular complexity index is 408. The third kappa shape index (κ3) is 2.78. The second-order valence-corrected chi connectivity index (χ2v) is 4.53. The number of esters is 1. The molecule has 0 atom stereocenters. The van der Waals surface area contributed by atoms with Gasteiger partial charge in [-0.25, -0.2) is 0 Å². The average Bonchev–Trinajstić information content (AvgIpc) is 2.30. The third-order valence-electron chi connectivity index (χ3n) is 2.89. The van der Waals surface area contributed by atoms with Crippen LogP contribution in [0.2, 0.25) is 0 Å². The van der Waals surface area contributed by atoms with Gasteiger partial charge in [0, 0.05) is 0 Å². The minimum Gasteiger partial charge on any atom is -0.494 e. The maximum absolute atomic E-state index is 11.7. The predicted molar refractivity (Wildman–Crippen MR) is 67.4 cm³/mol. The molecule has 0 spiro atoms. The Morgan fingerprint density at radius 1 is 1.35 bits per heavy atom. The highest BCUT2D eigenvalue weighted by Crippen LogP contribution is 2.29. The lowest BCUT2D eigenvalue weighted by Crippen LogP contribution is -2.30. The molecule has 0 saturated heterocycles. The van der Waals surface area contributed by atoms with E-state index in [1.54, 1.807) is 0 Å². The molecule has 3 heteroatoms. The lowest BCUT2D eigenvalue weighted by molar-refractivity contribution is -0.146. The lowest BCUT2D eigenvalue weighted by atomic mass is 9.84. The minimum absolute atomic E-state index is 0.235. The highest BCUT2D eigenvalue weighted by Gasteiger charge is 2.31. The zero-order valence-electron chi connectivity index (χ0n) is 11.2. The molecule has 0 bridgehead atoms. The molecule has 17 heavy (non-hydrogen) atoms. The van der Waals surface area contributed by atoms with Gasteiger partial charge in [0.1, 0.15) is 5.75 Å². The maximum Gasteiger partial charge on any atom is 0.315 e. The number of hydrogen-bond acceptors (Lipinski definition) is 3. The van der Waals surface area contributed by atoms with Gasteiger partial charge in [-0.2, -0.15) is 0 Å². The first-order chi connectivity index (χ1) is 7.93. The molecule has 0 heterocycles. The number of ether oxygens (including phenoxy) is 2. The van der Waals surface area contributed by atoms with Crippen molar-refractivity contribution >= 4 is 5.97 Å². The Morgan fingerprint density at radius 2 is 2.00 bits per heavy atom. The second kappa shape index (κ2) is 5.21. The number of hydrogen-bond donors (Lipinski definition) is 0. The molecule has 0 fully saturated rings. The fourth-order valence-electron chi connectivity index (χ4n) is 1.73. The van der Waals surface area contributed by atoms with Crippen LogP contribution in [0.3, 0.4) is 0 Å². The van der Waals surface area contributed by atoms with Gasteiger partial charge in [0.15, 0.2) is 0 Å². The normalized spacial score (nSPS) is 11.1. The van der Waals surface area contributed by atoms with E-state index in [1.807, 2.05) is 45.9 Å². The molecule has 0 aliphatic rings. The Balaban J connectivity index is 3.08. The number of methoxy groups -OCH3 is 1. The van der Waals surface area contributed by atoms with Gasteiger partial charge in [0.25, 0.3) is 0 Å². The maximum atomic E-state index is 11.7. The highest BCUT2D eigenvalue weighted by molar-refractivity contribution is 5.82. The van der Waals surface area contributed by atoms with Gasteiger partial charge in [0.2, 0.25) is 0 Å². The van der Waals surface area contributed by atoms with Crippen molar-refractivity contribution in [3.63, 3.8) is 0 Å². The van der Waals surface area contributed by atoms with Gasteiger partial charge in [0.05, 0.1) is 19.1 Å². The SMILES string of the molecule is CCOc1ccc(C(C)(C)C(=O)OC)cc1C. The van der Waals surface area contributed by atoms with Crippen LogP contribution in [0.4, 0.5) is 0 Å². The highest BCUT2D eigenvalue weighted by atomic mass is 16.5. The van der Waals surface area contributed by atoms with Crippen molar-refractivity contribution in [2.24, 2.45) is 0 Å². The molecule has 3 nitrogen and oxygen atoms in total. The van der Waals surface area contributed by atoms with Crippen molar-refractivity contribution in [1.82, 2.24) is 0 Å². The van der Waals surface area contributed by atoms with E-state index in [0.29, 0.717) is 6.61 Å². The van der Waals surface area contributed by atoms with E-state index in [-0.39, 0.29) is 5.97 Å². The van der Waals surface area contributed by atoms with Crippen LogP contribution in [0.25, 0.3) is 0 Å². The van der Waals surface area contributed by atoms with Gasteiger partial charge in [-0.3, -0.25) is 4.79 Å². The first-order valence-corrected chi connectivity index (χ1v) is 5.75. The van der Waals surface area contributed by atoms with E-state index >= 15 is 0 Å². The van der Waals surface area contributed by atoms with E-state index < -0.39 is 5.41 Å². The Kier molecular flexibility index (Phi) is 4.16. The average molecular weight is 236 g/mol. The van der Waals surface area contributed by atoms with Gasteiger partial charge in [-0.1, -0.05) is 12.1 Å². The van der Waals surface area contributed by atoms with Gasteiger partial charge in [-0.15, -0.1) is 0 Å². The first kappa shape index (κ1) is 13.6. The number of benzene rings is 1. The van der Waals surface area contributed by atoms with E-state index in [2.05, 4.69) is 0 Å². The van der Waals surface area contributed by atoms with Gasteiger partial charge >= 0.3 is 5.97 Å². The van der Waals surface area contributed by atoms with Crippen LogP contribution >= 0.6 is 0 Å². The number of carbonyl (C=O) groups is 1. The monoisotopic (exact) mass is 236 g/mol. The number of aryl methyl sites for hydroxylation is 1. The Hall–Kier alpha value is -1.51. The molecular formula is C14H20O3. The zero-order chi connectivity index (χ0) is 13.1. The van der Waals surface area contributed by atoms with Crippen LogP contribution in [-0.4, -0.2) is 19.7 Å². The third-order valence-corrected chi connectivity index (χ3v) is 2.89. The van der Waals surface area contributed by atoms with Gasteiger partial charge in [-0.05, 0) is 44.9 Å². The van der Waals surface area contributed by atoms with Crippen LogP contribution in [0.15, 0.2) is 18.2 Å². The van der Waals surface area contributed by atoms with Crippen molar-refractivity contribution in [2.75, 3.05) is 13.7 Å². The summed E-state index contributed by atoms with van der Waals surface area (Å²) >= 11 is 0. The summed E-state index contributed by atoms with van der Waals surface area (Å²) in [5.41, 5.74) is 1.33. The van der Waals surface area contributed by atoms with Crippen molar-refractivity contribution in [2.45, 2.75) is 33.1 Å². The standard InChI is InChI=1S/C14H20O3/c1-6-17-12-8-7-11(9-10(12)2)14(3,4)13(15)16-5/h7-9H,6H2,1-5H3. The summed E-state index contributed by atoms with van der Waals surface area (Å²) in [6.45, 7) is 8.27. The van der Waals surface area contributed by atoms with Crippen LogP contribution < -0.4 is 4.74 Å². The molecule has 94 valence electrons. The zero-order valence-corrected chi connectivity index (χ0v) is 11.2. The van der Waals surface area contributed by atoms with Crippen LogP contribution in [0.5, 0.6) is 5.75 Å². The van der Waals surface area contributed by atoms with Crippen LogP contribution in [0, 0.1) is 6.92 Å². The van der Waals surface area contributed by atoms with E-state index in [0.717, 1.165) is 16.9 Å². The molecule has 0 aliphatic carbocycles. The smallest absolute Gasteiger partial charge is 0.315 e. The van der Waals surface area contributed by atoms with Crippen LogP contribution in [-0.2, 0) is 14.9 Å². The van der Waals surface area contributed by atoms with Crippen molar-refractivity contribution in [1.29, 1.82) is 0 Å². The van der Waals surface area contributed by atoms with E-state index in [1.165, 1.54) is 7.11 Å². The first-order valence-electron chi connectivity index (χ1n) is 5.75. The number of carbonyl (C=O) groups excluding carboxylic acids is 1. The number of rotatable bonds is 4. The molecule has 0 radical (unpaired) electrons. The fraction of sp³-hybridized carbons (Fsp3) is 0.500. The summed E-state index contributed by atoms with van der Waals surface area (Å²) in [4.78, 5) is 11.7. The topological polar surface area (TPSA) is 35.5 Å². The lowest BCUT2D eigenvalue weighted by Gasteiger charge is -2.23. The molecule has 0 unspecified atom stereocenters. The molecular weight excluding hydrogens is 216 g/mol. The molecule has 0 aromatic heterocycles. The molecule has 0 N–H and O–H groups in total. The molecule has 1 aromatic carbocycles. The minimum atomic E-state index is -0.635. The Morgan fingerprint density at radius 3 is 2.47 bits per heavy atom. The molecule has 1 rings (SSSR count).